The molecule has 16 heavy (non-hydrogen) atoms. The van der Waals surface area contributed by atoms with Gasteiger partial charge in [-0.25, -0.2) is 0 Å². The lowest BCUT2D eigenvalue weighted by molar-refractivity contribution is 0.376. The van der Waals surface area contributed by atoms with Crippen molar-refractivity contribution < 1.29 is 4.43 Å². The Morgan fingerprint density at radius 1 is 1.19 bits per heavy atom. The highest BCUT2D eigenvalue weighted by molar-refractivity contribution is 6.71. The molecule has 0 aromatic rings. The minimum absolute atomic E-state index is 1.18. The topological polar surface area (TPSA) is 9.23 Å². The number of allylic oxidation sites excluding steroid dienone is 2. The first-order valence-corrected chi connectivity index (χ1v) is 10.1. The Bertz CT molecular complexity index is 221. The summed E-state index contributed by atoms with van der Waals surface area (Å²) >= 11 is 0. The van der Waals surface area contributed by atoms with Crippen LogP contribution in [-0.2, 0) is 4.43 Å². The predicted molar refractivity (Wildman–Crippen MR) is 74.1 cm³/mol. The van der Waals surface area contributed by atoms with Crippen molar-refractivity contribution in [2.75, 3.05) is 0 Å². The Hall–Kier alpha value is -0.243. The van der Waals surface area contributed by atoms with Crippen LogP contribution in [0.2, 0.25) is 19.1 Å². The van der Waals surface area contributed by atoms with Gasteiger partial charge in [-0.15, -0.1) is 0 Å². The van der Waals surface area contributed by atoms with Crippen LogP contribution >= 0.6 is 0 Å². The molecule has 0 atom stereocenters. The molecule has 0 radical (unpaired) electrons. The highest BCUT2D eigenvalue weighted by Gasteiger charge is 2.24. The zero-order valence-electron chi connectivity index (χ0n) is 11.3. The van der Waals surface area contributed by atoms with Crippen LogP contribution in [0.1, 0.15) is 58.3 Å². The van der Waals surface area contributed by atoms with Crippen LogP contribution in [0.15, 0.2) is 11.8 Å². The molecule has 0 fully saturated rings. The van der Waals surface area contributed by atoms with E-state index in [2.05, 4.69) is 26.1 Å². The second kappa shape index (κ2) is 7.15. The van der Waals surface area contributed by atoms with Gasteiger partial charge in [0.1, 0.15) is 0 Å². The SMILES string of the molecule is CCCC[Si](C)(C)O/C1=C/CCCCCC1. The summed E-state index contributed by atoms with van der Waals surface area (Å²) in [6, 6.07) is 1.31. The van der Waals surface area contributed by atoms with Crippen LogP contribution in [0.4, 0.5) is 0 Å². The van der Waals surface area contributed by atoms with Gasteiger partial charge in [0.2, 0.25) is 8.32 Å². The predicted octanol–water partition coefficient (Wildman–Crippen LogP) is 5.25. The lowest BCUT2D eigenvalue weighted by atomic mass is 10.1. The van der Waals surface area contributed by atoms with Crippen molar-refractivity contribution in [3.63, 3.8) is 0 Å². The third-order valence-electron chi connectivity index (χ3n) is 3.29. The lowest BCUT2D eigenvalue weighted by Gasteiger charge is -2.26. The van der Waals surface area contributed by atoms with Crippen LogP contribution in [0.5, 0.6) is 0 Å². The smallest absolute Gasteiger partial charge is 0.244 e. The Labute approximate surface area is 102 Å². The molecule has 2 heteroatoms. The van der Waals surface area contributed by atoms with Crippen molar-refractivity contribution in [1.82, 2.24) is 0 Å². The summed E-state index contributed by atoms with van der Waals surface area (Å²) in [4.78, 5) is 0. The normalized spacial score (nSPS) is 21.8. The van der Waals surface area contributed by atoms with Gasteiger partial charge in [-0.2, -0.15) is 0 Å². The molecular formula is C14H28OSi. The van der Waals surface area contributed by atoms with E-state index < -0.39 is 8.32 Å². The Balaban J connectivity index is 2.43. The van der Waals surface area contributed by atoms with E-state index in [-0.39, 0.29) is 0 Å². The summed E-state index contributed by atoms with van der Waals surface area (Å²) in [6.45, 7) is 6.99. The number of hydrogen-bond acceptors (Lipinski definition) is 1. The fraction of sp³-hybridized carbons (Fsp3) is 0.857. The average Bonchev–Trinajstić information content (AvgIpc) is 2.19. The van der Waals surface area contributed by atoms with Gasteiger partial charge in [0.15, 0.2) is 0 Å². The molecule has 1 aliphatic rings. The molecule has 0 N–H and O–H groups in total. The molecule has 0 aromatic heterocycles. The van der Waals surface area contributed by atoms with Crippen LogP contribution in [0.25, 0.3) is 0 Å². The molecule has 1 rings (SSSR count). The standard InChI is InChI=1S/C14H28OSi/c1-4-5-13-16(2,3)15-14-11-9-7-6-8-10-12-14/h11H,4-10,12-13H2,1-3H3/b14-11+. The van der Waals surface area contributed by atoms with Crippen molar-refractivity contribution >= 4 is 8.32 Å². The molecule has 0 aliphatic heterocycles. The van der Waals surface area contributed by atoms with Crippen LogP contribution in [0.3, 0.4) is 0 Å². The number of unbranched alkanes of at least 4 members (excludes halogenated alkanes) is 1. The van der Waals surface area contributed by atoms with Gasteiger partial charge in [-0.1, -0.05) is 32.6 Å². The van der Waals surface area contributed by atoms with Crippen molar-refractivity contribution in [2.24, 2.45) is 0 Å². The van der Waals surface area contributed by atoms with E-state index in [9.17, 15) is 0 Å². The fourth-order valence-corrected chi connectivity index (χ4v) is 4.47. The third kappa shape index (κ3) is 5.74. The molecule has 1 nitrogen and oxygen atoms in total. The highest BCUT2D eigenvalue weighted by atomic mass is 28.4. The molecule has 94 valence electrons. The Morgan fingerprint density at radius 2 is 1.94 bits per heavy atom. The lowest BCUT2D eigenvalue weighted by Crippen LogP contribution is -2.29. The van der Waals surface area contributed by atoms with Gasteiger partial charge in [0.25, 0.3) is 0 Å². The third-order valence-corrected chi connectivity index (χ3v) is 5.66. The van der Waals surface area contributed by atoms with Crippen LogP contribution in [0, 0.1) is 0 Å². The molecular weight excluding hydrogens is 212 g/mol. The molecule has 0 heterocycles. The summed E-state index contributed by atoms with van der Waals surface area (Å²) in [7, 11) is -1.42. The van der Waals surface area contributed by atoms with Crippen molar-refractivity contribution in [2.45, 2.75) is 77.4 Å². The van der Waals surface area contributed by atoms with Crippen LogP contribution < -0.4 is 0 Å². The van der Waals surface area contributed by atoms with Gasteiger partial charge < -0.3 is 4.43 Å². The van der Waals surface area contributed by atoms with Gasteiger partial charge in [-0.3, -0.25) is 0 Å². The molecule has 0 saturated carbocycles. The first-order valence-electron chi connectivity index (χ1n) is 7.02. The summed E-state index contributed by atoms with van der Waals surface area (Å²) < 4.78 is 6.32. The maximum absolute atomic E-state index is 6.32. The van der Waals surface area contributed by atoms with E-state index in [1.165, 1.54) is 63.2 Å². The minimum Gasteiger partial charge on any atom is -0.547 e. The van der Waals surface area contributed by atoms with Crippen molar-refractivity contribution in [1.29, 1.82) is 0 Å². The first kappa shape index (κ1) is 13.8. The molecule has 0 aromatic carbocycles. The molecule has 1 aliphatic carbocycles. The molecule has 0 spiro atoms. The van der Waals surface area contributed by atoms with Gasteiger partial charge in [0, 0.05) is 6.42 Å². The second-order valence-electron chi connectivity index (χ2n) is 5.59. The Morgan fingerprint density at radius 3 is 2.69 bits per heavy atom. The Kier molecular flexibility index (Phi) is 6.18. The molecule has 0 saturated heterocycles. The average molecular weight is 240 g/mol. The van der Waals surface area contributed by atoms with E-state index in [4.69, 9.17) is 4.43 Å². The molecule has 0 amide bonds. The summed E-state index contributed by atoms with van der Waals surface area (Å²) in [5.74, 6) is 1.31. The zero-order valence-corrected chi connectivity index (χ0v) is 12.3. The summed E-state index contributed by atoms with van der Waals surface area (Å²) in [5, 5.41) is 0. The number of hydrogen-bond donors (Lipinski definition) is 0. The van der Waals surface area contributed by atoms with Gasteiger partial charge >= 0.3 is 0 Å². The van der Waals surface area contributed by atoms with Crippen molar-refractivity contribution in [3.8, 4) is 0 Å². The van der Waals surface area contributed by atoms with Gasteiger partial charge in [0.05, 0.1) is 5.76 Å². The largest absolute Gasteiger partial charge is 0.547 e. The second-order valence-corrected chi connectivity index (χ2v) is 9.81. The fourth-order valence-electron chi connectivity index (χ4n) is 2.26. The number of rotatable bonds is 5. The van der Waals surface area contributed by atoms with E-state index in [0.29, 0.717) is 0 Å². The minimum atomic E-state index is -1.42. The monoisotopic (exact) mass is 240 g/mol. The van der Waals surface area contributed by atoms with Crippen molar-refractivity contribution in [3.05, 3.63) is 11.8 Å². The van der Waals surface area contributed by atoms with E-state index in [1.54, 1.807) is 0 Å². The zero-order chi connectivity index (χ0) is 11.9. The first-order chi connectivity index (χ1) is 7.64. The van der Waals surface area contributed by atoms with Crippen LogP contribution in [-0.4, -0.2) is 8.32 Å². The van der Waals surface area contributed by atoms with E-state index in [0.717, 1.165) is 0 Å². The summed E-state index contributed by atoms with van der Waals surface area (Å²) in [6.07, 6.45) is 12.9. The maximum atomic E-state index is 6.32. The van der Waals surface area contributed by atoms with E-state index in [1.807, 2.05) is 0 Å². The maximum Gasteiger partial charge on any atom is 0.244 e. The summed E-state index contributed by atoms with van der Waals surface area (Å²) in [5.41, 5.74) is 0. The quantitative estimate of drug-likeness (QED) is 0.597. The highest BCUT2D eigenvalue weighted by Crippen LogP contribution is 2.24. The molecule has 0 unspecified atom stereocenters. The molecule has 0 bridgehead atoms. The van der Waals surface area contributed by atoms with Gasteiger partial charge in [-0.05, 0) is 44.5 Å². The van der Waals surface area contributed by atoms with E-state index >= 15 is 0 Å².